The minimum atomic E-state index is -0.876. The minimum Gasteiger partial charge on any atom is -0.321 e. The van der Waals surface area contributed by atoms with E-state index in [0.717, 1.165) is 23.5 Å². The molecule has 1 saturated heterocycles. The van der Waals surface area contributed by atoms with Crippen LogP contribution in [-0.4, -0.2) is 29.2 Å². The van der Waals surface area contributed by atoms with E-state index in [1.165, 1.54) is 6.07 Å². The molecule has 3 amide bonds. The van der Waals surface area contributed by atoms with E-state index in [1.807, 2.05) is 12.2 Å². The second-order valence-corrected chi connectivity index (χ2v) is 6.72. The molecule has 0 aromatic heterocycles. The number of allylic oxidation sites excluding steroid dienone is 2. The Bertz CT molecular complexity index is 757. The third kappa shape index (κ3) is 2.45. The molecule has 3 aliphatic rings. The fraction of sp³-hybridized carbons (Fsp3) is 0.389. The zero-order chi connectivity index (χ0) is 17.7. The number of hydrogen-bond donors (Lipinski definition) is 1. The van der Waals surface area contributed by atoms with Crippen LogP contribution >= 0.6 is 0 Å². The summed E-state index contributed by atoms with van der Waals surface area (Å²) in [4.78, 5) is 38.1. The summed E-state index contributed by atoms with van der Waals surface area (Å²) in [5, 5.41) is 2.16. The van der Waals surface area contributed by atoms with Gasteiger partial charge in [0.05, 0.1) is 11.8 Å². The van der Waals surface area contributed by atoms with Crippen LogP contribution in [0.4, 0.5) is 14.5 Å². The summed E-state index contributed by atoms with van der Waals surface area (Å²) in [5.41, 5.74) is -0.523. The van der Waals surface area contributed by atoms with Crippen molar-refractivity contribution in [2.75, 3.05) is 11.9 Å². The Morgan fingerprint density at radius 2 is 1.64 bits per heavy atom. The summed E-state index contributed by atoms with van der Waals surface area (Å²) in [6.45, 7) is -0.0774. The molecule has 1 N–H and O–H groups in total. The van der Waals surface area contributed by atoms with E-state index >= 15 is 0 Å². The van der Waals surface area contributed by atoms with Gasteiger partial charge in [-0.3, -0.25) is 19.3 Å². The van der Waals surface area contributed by atoms with Gasteiger partial charge in [0.2, 0.25) is 17.7 Å². The number of para-hydroxylation sites is 1. The van der Waals surface area contributed by atoms with E-state index in [4.69, 9.17) is 0 Å². The third-order valence-electron chi connectivity index (χ3n) is 5.35. The van der Waals surface area contributed by atoms with Crippen molar-refractivity contribution < 1.29 is 23.2 Å². The van der Waals surface area contributed by atoms with Crippen molar-refractivity contribution in [3.63, 3.8) is 0 Å². The molecule has 25 heavy (non-hydrogen) atoms. The maximum atomic E-state index is 13.5. The van der Waals surface area contributed by atoms with Gasteiger partial charge < -0.3 is 5.32 Å². The number of fused-ring (bicyclic) bond motifs is 5. The van der Waals surface area contributed by atoms with Crippen molar-refractivity contribution in [3.05, 3.63) is 42.0 Å². The lowest BCUT2D eigenvalue weighted by molar-refractivity contribution is -0.140. The lowest BCUT2D eigenvalue weighted by Gasteiger charge is -2.17. The highest BCUT2D eigenvalue weighted by Crippen LogP contribution is 2.52. The minimum absolute atomic E-state index is 0.0774. The molecule has 2 fully saturated rings. The first kappa shape index (κ1) is 15.9. The SMILES string of the molecule is O=C(CCN1C(=O)[C@@H]2[C@@H](C1=O)[C@H]1C=C[C@H]2C1)Nc1c(F)cccc1F. The number of imide groups is 1. The summed E-state index contributed by atoms with van der Waals surface area (Å²) in [5.74, 6) is -3.28. The van der Waals surface area contributed by atoms with E-state index < -0.39 is 23.2 Å². The number of halogens is 2. The summed E-state index contributed by atoms with van der Waals surface area (Å²) < 4.78 is 27.1. The predicted molar refractivity (Wildman–Crippen MR) is 84.0 cm³/mol. The molecular weight excluding hydrogens is 330 g/mol. The summed E-state index contributed by atoms with van der Waals surface area (Å²) >= 11 is 0. The van der Waals surface area contributed by atoms with Crippen LogP contribution in [0.5, 0.6) is 0 Å². The maximum Gasteiger partial charge on any atom is 0.233 e. The van der Waals surface area contributed by atoms with Gasteiger partial charge in [0.1, 0.15) is 17.3 Å². The van der Waals surface area contributed by atoms with Crippen molar-refractivity contribution in [3.8, 4) is 0 Å². The number of likely N-dealkylation sites (tertiary alicyclic amines) is 1. The van der Waals surface area contributed by atoms with Crippen molar-refractivity contribution >= 4 is 23.4 Å². The molecule has 4 rings (SSSR count). The normalized spacial score (nSPS) is 29.4. The van der Waals surface area contributed by atoms with Gasteiger partial charge in [-0.25, -0.2) is 8.78 Å². The van der Waals surface area contributed by atoms with Gasteiger partial charge in [0.25, 0.3) is 0 Å². The fourth-order valence-corrected chi connectivity index (χ4v) is 4.22. The number of rotatable bonds is 4. The smallest absolute Gasteiger partial charge is 0.233 e. The van der Waals surface area contributed by atoms with Gasteiger partial charge in [-0.15, -0.1) is 0 Å². The standard InChI is InChI=1S/C18H16F2N2O3/c19-11-2-1-3-12(20)16(11)21-13(23)6-7-22-17(24)14-9-4-5-10(8-9)15(14)18(22)25/h1-5,9-10,14-15H,6-8H2,(H,21,23)/t9-,10-,14-,15-/m0/s1. The number of amides is 3. The zero-order valence-corrected chi connectivity index (χ0v) is 13.2. The van der Waals surface area contributed by atoms with E-state index in [0.29, 0.717) is 0 Å². The molecule has 1 heterocycles. The molecule has 130 valence electrons. The predicted octanol–water partition coefficient (Wildman–Crippen LogP) is 2.10. The number of hydrogen-bond acceptors (Lipinski definition) is 3. The third-order valence-corrected chi connectivity index (χ3v) is 5.35. The fourth-order valence-electron chi connectivity index (χ4n) is 4.22. The molecular formula is C18H16F2N2O3. The topological polar surface area (TPSA) is 66.5 Å². The first-order valence-corrected chi connectivity index (χ1v) is 8.25. The Hall–Kier alpha value is -2.57. The second-order valence-electron chi connectivity index (χ2n) is 6.72. The number of carbonyl (C=O) groups excluding carboxylic acids is 3. The number of nitrogens with one attached hydrogen (secondary N) is 1. The highest BCUT2D eigenvalue weighted by Gasteiger charge is 2.58. The Labute approximate surface area is 142 Å². The largest absolute Gasteiger partial charge is 0.321 e. The summed E-state index contributed by atoms with van der Waals surface area (Å²) in [6, 6.07) is 3.27. The van der Waals surface area contributed by atoms with Gasteiger partial charge >= 0.3 is 0 Å². The lowest BCUT2D eigenvalue weighted by Crippen LogP contribution is -2.35. The molecule has 1 aromatic rings. The Balaban J connectivity index is 1.40. The molecule has 1 aromatic carbocycles. The molecule has 1 aliphatic heterocycles. The van der Waals surface area contributed by atoms with Crippen LogP contribution in [-0.2, 0) is 14.4 Å². The van der Waals surface area contributed by atoms with Crippen LogP contribution in [0.15, 0.2) is 30.4 Å². The van der Waals surface area contributed by atoms with Crippen LogP contribution in [0.25, 0.3) is 0 Å². The van der Waals surface area contributed by atoms with Crippen molar-refractivity contribution in [2.24, 2.45) is 23.7 Å². The molecule has 5 nitrogen and oxygen atoms in total. The zero-order valence-electron chi connectivity index (χ0n) is 13.2. The molecule has 0 unspecified atom stereocenters. The van der Waals surface area contributed by atoms with Crippen LogP contribution in [0, 0.1) is 35.3 Å². The second kappa shape index (κ2) is 5.75. The highest BCUT2D eigenvalue weighted by atomic mass is 19.1. The Morgan fingerprint density at radius 3 is 2.20 bits per heavy atom. The number of carbonyl (C=O) groups is 3. The molecule has 4 atom stereocenters. The van der Waals surface area contributed by atoms with E-state index in [9.17, 15) is 23.2 Å². The number of anilines is 1. The van der Waals surface area contributed by atoms with Gasteiger partial charge in [0, 0.05) is 13.0 Å². The van der Waals surface area contributed by atoms with Gasteiger partial charge in [-0.1, -0.05) is 18.2 Å². The van der Waals surface area contributed by atoms with Crippen molar-refractivity contribution in [2.45, 2.75) is 12.8 Å². The molecule has 1 saturated carbocycles. The lowest BCUT2D eigenvalue weighted by atomic mass is 9.85. The highest BCUT2D eigenvalue weighted by molar-refractivity contribution is 6.06. The molecule has 0 spiro atoms. The number of benzene rings is 1. The van der Waals surface area contributed by atoms with E-state index in [-0.39, 0.29) is 48.5 Å². The van der Waals surface area contributed by atoms with Crippen LogP contribution in [0.2, 0.25) is 0 Å². The molecule has 2 bridgehead atoms. The monoisotopic (exact) mass is 346 g/mol. The Morgan fingerprint density at radius 1 is 1.08 bits per heavy atom. The summed E-state index contributed by atoms with van der Waals surface area (Å²) in [7, 11) is 0. The van der Waals surface area contributed by atoms with Crippen molar-refractivity contribution in [1.82, 2.24) is 4.90 Å². The van der Waals surface area contributed by atoms with Gasteiger partial charge in [-0.2, -0.15) is 0 Å². The molecule has 2 aliphatic carbocycles. The average molecular weight is 346 g/mol. The van der Waals surface area contributed by atoms with Crippen LogP contribution < -0.4 is 5.32 Å². The van der Waals surface area contributed by atoms with Crippen molar-refractivity contribution in [1.29, 1.82) is 0 Å². The summed E-state index contributed by atoms with van der Waals surface area (Å²) in [6.07, 6.45) is 4.63. The van der Waals surface area contributed by atoms with Crippen LogP contribution in [0.1, 0.15) is 12.8 Å². The first-order chi connectivity index (χ1) is 12.0. The van der Waals surface area contributed by atoms with E-state index in [1.54, 1.807) is 0 Å². The Kier molecular flexibility index (Phi) is 3.67. The quantitative estimate of drug-likeness (QED) is 0.671. The van der Waals surface area contributed by atoms with Gasteiger partial charge in [-0.05, 0) is 30.4 Å². The average Bonchev–Trinajstić information content (AvgIpc) is 3.24. The first-order valence-electron chi connectivity index (χ1n) is 8.25. The van der Waals surface area contributed by atoms with E-state index in [2.05, 4.69) is 5.32 Å². The van der Waals surface area contributed by atoms with Crippen LogP contribution in [0.3, 0.4) is 0 Å². The number of nitrogens with zero attached hydrogens (tertiary/aromatic N) is 1. The van der Waals surface area contributed by atoms with Gasteiger partial charge in [0.15, 0.2) is 0 Å². The molecule has 7 heteroatoms. The molecule has 0 radical (unpaired) electrons. The maximum absolute atomic E-state index is 13.5.